The average molecular weight is 439 g/mol. The fourth-order valence-electron chi connectivity index (χ4n) is 2.92. The molecule has 158 valence electrons. The first-order valence-corrected chi connectivity index (χ1v) is 10.9. The van der Waals surface area contributed by atoms with Crippen LogP contribution in [0.5, 0.6) is 5.75 Å². The Morgan fingerprint density at radius 1 is 1.00 bits per heavy atom. The Balaban J connectivity index is 1.64. The molecule has 0 spiro atoms. The van der Waals surface area contributed by atoms with Crippen molar-refractivity contribution in [3.05, 3.63) is 78.6 Å². The zero-order valence-corrected chi connectivity index (χ0v) is 17.3. The van der Waals surface area contributed by atoms with Crippen LogP contribution in [0.1, 0.15) is 6.92 Å². The fraction of sp³-hybridized carbons (Fsp3) is 0.0909. The van der Waals surface area contributed by atoms with Crippen molar-refractivity contribution in [2.45, 2.75) is 11.8 Å². The Hall–Kier alpha value is -3.72. The predicted octanol–water partition coefficient (Wildman–Crippen LogP) is 4.74. The Kier molecular flexibility index (Phi) is 5.68. The molecule has 31 heavy (non-hydrogen) atoms. The number of aromatic nitrogens is 2. The summed E-state index contributed by atoms with van der Waals surface area (Å²) in [6.45, 7) is 2.38. The van der Waals surface area contributed by atoms with E-state index in [1.165, 1.54) is 30.3 Å². The SMILES string of the molecule is CCOc1ccc(NS(=O)(=O)c2ccccc2-c2nc(-c3ccc(F)cc3)no2)cc1. The maximum Gasteiger partial charge on any atom is 0.262 e. The molecule has 0 radical (unpaired) electrons. The van der Waals surface area contributed by atoms with Crippen LogP contribution in [0, 0.1) is 5.82 Å². The van der Waals surface area contributed by atoms with Gasteiger partial charge in [0.2, 0.25) is 5.82 Å². The van der Waals surface area contributed by atoms with Gasteiger partial charge < -0.3 is 9.26 Å². The van der Waals surface area contributed by atoms with Crippen molar-refractivity contribution >= 4 is 15.7 Å². The second kappa shape index (κ2) is 8.57. The standard InChI is InChI=1S/C22H18FN3O4S/c1-2-29-18-13-11-17(12-14-18)26-31(27,28)20-6-4-3-5-19(20)22-24-21(25-30-22)15-7-9-16(23)10-8-15/h3-14,26H,2H2,1H3. The lowest BCUT2D eigenvalue weighted by atomic mass is 10.2. The van der Waals surface area contributed by atoms with Crippen molar-refractivity contribution in [1.29, 1.82) is 0 Å². The van der Waals surface area contributed by atoms with E-state index in [2.05, 4.69) is 14.9 Å². The van der Waals surface area contributed by atoms with Crippen LogP contribution in [0.2, 0.25) is 0 Å². The van der Waals surface area contributed by atoms with E-state index in [9.17, 15) is 12.8 Å². The predicted molar refractivity (Wildman–Crippen MR) is 114 cm³/mol. The monoisotopic (exact) mass is 439 g/mol. The molecular weight excluding hydrogens is 421 g/mol. The number of sulfonamides is 1. The number of halogens is 1. The summed E-state index contributed by atoms with van der Waals surface area (Å²) >= 11 is 0. The minimum atomic E-state index is -3.95. The van der Waals surface area contributed by atoms with Gasteiger partial charge in [-0.05, 0) is 67.6 Å². The van der Waals surface area contributed by atoms with Gasteiger partial charge in [0, 0.05) is 11.3 Å². The molecule has 0 amide bonds. The maximum atomic E-state index is 13.2. The van der Waals surface area contributed by atoms with E-state index < -0.39 is 10.0 Å². The van der Waals surface area contributed by atoms with Gasteiger partial charge in [-0.2, -0.15) is 4.98 Å². The summed E-state index contributed by atoms with van der Waals surface area (Å²) in [7, 11) is -3.95. The lowest BCUT2D eigenvalue weighted by Crippen LogP contribution is -2.14. The molecule has 4 rings (SSSR count). The molecule has 0 saturated carbocycles. The van der Waals surface area contributed by atoms with Crippen molar-refractivity contribution in [1.82, 2.24) is 10.1 Å². The smallest absolute Gasteiger partial charge is 0.262 e. The molecule has 9 heteroatoms. The summed E-state index contributed by atoms with van der Waals surface area (Å²) in [6.07, 6.45) is 0. The molecular formula is C22H18FN3O4S. The van der Waals surface area contributed by atoms with Gasteiger partial charge in [-0.3, -0.25) is 4.72 Å². The molecule has 3 aromatic carbocycles. The molecule has 7 nitrogen and oxygen atoms in total. The largest absolute Gasteiger partial charge is 0.494 e. The highest BCUT2D eigenvalue weighted by molar-refractivity contribution is 7.92. The van der Waals surface area contributed by atoms with Gasteiger partial charge in [-0.15, -0.1) is 0 Å². The summed E-state index contributed by atoms with van der Waals surface area (Å²) in [4.78, 5) is 4.27. The van der Waals surface area contributed by atoms with E-state index in [0.29, 0.717) is 23.6 Å². The summed E-state index contributed by atoms with van der Waals surface area (Å²) in [5, 5.41) is 3.89. The third-order valence-electron chi connectivity index (χ3n) is 4.35. The number of ether oxygens (including phenoxy) is 1. The van der Waals surface area contributed by atoms with Crippen molar-refractivity contribution in [2.75, 3.05) is 11.3 Å². The summed E-state index contributed by atoms with van der Waals surface area (Å²) in [5.41, 5.74) is 1.18. The van der Waals surface area contributed by atoms with Gasteiger partial charge >= 0.3 is 0 Å². The van der Waals surface area contributed by atoms with Gasteiger partial charge in [-0.1, -0.05) is 17.3 Å². The van der Waals surface area contributed by atoms with Crippen LogP contribution in [0.15, 0.2) is 82.2 Å². The zero-order chi connectivity index (χ0) is 21.8. The first kappa shape index (κ1) is 20.5. The second-order valence-corrected chi connectivity index (χ2v) is 8.14. The third-order valence-corrected chi connectivity index (χ3v) is 5.79. The number of hydrogen-bond donors (Lipinski definition) is 1. The highest BCUT2D eigenvalue weighted by Crippen LogP contribution is 2.29. The van der Waals surface area contributed by atoms with E-state index >= 15 is 0 Å². The number of benzene rings is 3. The topological polar surface area (TPSA) is 94.3 Å². The van der Waals surface area contributed by atoms with Crippen molar-refractivity contribution in [2.24, 2.45) is 0 Å². The zero-order valence-electron chi connectivity index (χ0n) is 16.4. The summed E-state index contributed by atoms with van der Waals surface area (Å²) in [6, 6.07) is 18.5. The molecule has 1 aromatic heterocycles. The van der Waals surface area contributed by atoms with E-state index in [1.807, 2.05) is 6.92 Å². The fourth-order valence-corrected chi connectivity index (χ4v) is 4.18. The van der Waals surface area contributed by atoms with Crippen LogP contribution >= 0.6 is 0 Å². The Bertz CT molecular complexity index is 1290. The van der Waals surface area contributed by atoms with Crippen LogP contribution in [0.25, 0.3) is 22.8 Å². The lowest BCUT2D eigenvalue weighted by Gasteiger charge is -2.11. The Labute approximate surface area is 178 Å². The van der Waals surface area contributed by atoms with Crippen LogP contribution in [0.4, 0.5) is 10.1 Å². The Morgan fingerprint density at radius 3 is 2.42 bits per heavy atom. The quantitative estimate of drug-likeness (QED) is 0.447. The number of anilines is 1. The molecule has 0 aliphatic rings. The summed E-state index contributed by atoms with van der Waals surface area (Å²) in [5.74, 6) is 0.517. The number of rotatable bonds is 7. The van der Waals surface area contributed by atoms with E-state index in [0.717, 1.165) is 0 Å². The first-order valence-electron chi connectivity index (χ1n) is 9.41. The van der Waals surface area contributed by atoms with Crippen LogP contribution in [0.3, 0.4) is 0 Å². The minimum Gasteiger partial charge on any atom is -0.494 e. The average Bonchev–Trinajstić information content (AvgIpc) is 3.26. The van der Waals surface area contributed by atoms with Gasteiger partial charge in [-0.25, -0.2) is 12.8 Å². The Morgan fingerprint density at radius 2 is 1.71 bits per heavy atom. The maximum absolute atomic E-state index is 13.2. The number of nitrogens with zero attached hydrogens (tertiary/aromatic N) is 2. The first-order chi connectivity index (χ1) is 15.0. The summed E-state index contributed by atoms with van der Waals surface area (Å²) < 4.78 is 52.5. The number of nitrogens with one attached hydrogen (secondary N) is 1. The molecule has 0 saturated heterocycles. The van der Waals surface area contributed by atoms with Crippen molar-refractivity contribution in [3.63, 3.8) is 0 Å². The van der Waals surface area contributed by atoms with E-state index in [1.54, 1.807) is 42.5 Å². The van der Waals surface area contributed by atoms with E-state index in [4.69, 9.17) is 9.26 Å². The highest BCUT2D eigenvalue weighted by atomic mass is 32.2. The van der Waals surface area contributed by atoms with Gasteiger partial charge in [0.25, 0.3) is 15.9 Å². The molecule has 1 N–H and O–H groups in total. The van der Waals surface area contributed by atoms with Crippen LogP contribution < -0.4 is 9.46 Å². The highest BCUT2D eigenvalue weighted by Gasteiger charge is 2.23. The van der Waals surface area contributed by atoms with E-state index in [-0.39, 0.29) is 28.0 Å². The molecule has 0 fully saturated rings. The van der Waals surface area contributed by atoms with Crippen molar-refractivity contribution in [3.8, 4) is 28.6 Å². The van der Waals surface area contributed by atoms with Gasteiger partial charge in [0.15, 0.2) is 0 Å². The normalized spacial score (nSPS) is 11.3. The molecule has 4 aromatic rings. The van der Waals surface area contributed by atoms with Crippen LogP contribution in [-0.4, -0.2) is 25.2 Å². The van der Waals surface area contributed by atoms with Crippen molar-refractivity contribution < 1.29 is 22.1 Å². The molecule has 0 aliphatic carbocycles. The molecule has 1 heterocycles. The van der Waals surface area contributed by atoms with Gasteiger partial charge in [0.05, 0.1) is 12.2 Å². The molecule has 0 aliphatic heterocycles. The molecule has 0 unspecified atom stereocenters. The van der Waals surface area contributed by atoms with Crippen LogP contribution in [-0.2, 0) is 10.0 Å². The number of hydrogen-bond acceptors (Lipinski definition) is 6. The third kappa shape index (κ3) is 4.56. The minimum absolute atomic E-state index is 0.0156. The molecule has 0 bridgehead atoms. The second-order valence-electron chi connectivity index (χ2n) is 6.49. The lowest BCUT2D eigenvalue weighted by molar-refractivity contribution is 0.340. The molecule has 0 atom stereocenters. The van der Waals surface area contributed by atoms with Gasteiger partial charge in [0.1, 0.15) is 16.5 Å².